The van der Waals surface area contributed by atoms with Crippen molar-refractivity contribution < 1.29 is 9.90 Å². The van der Waals surface area contributed by atoms with Crippen LogP contribution in [-0.4, -0.2) is 27.2 Å². The van der Waals surface area contributed by atoms with E-state index in [1.807, 2.05) is 10.8 Å². The lowest BCUT2D eigenvalue weighted by molar-refractivity contribution is 0.0698. The van der Waals surface area contributed by atoms with Crippen LogP contribution in [0.1, 0.15) is 16.8 Å². The fourth-order valence-electron chi connectivity index (χ4n) is 1.75. The molecule has 2 aromatic rings. The Bertz CT molecular complexity index is 555. The molecule has 2 N–H and O–H groups in total. The van der Waals surface area contributed by atoms with Crippen molar-refractivity contribution in [3.8, 4) is 0 Å². The van der Waals surface area contributed by atoms with Crippen LogP contribution < -0.4 is 5.32 Å². The van der Waals surface area contributed by atoms with E-state index in [-0.39, 0.29) is 5.56 Å². The van der Waals surface area contributed by atoms with Crippen LogP contribution in [0, 0.1) is 0 Å². The van der Waals surface area contributed by atoms with Gasteiger partial charge in [0.25, 0.3) is 0 Å². The number of aromatic nitrogens is 2. The zero-order valence-corrected chi connectivity index (χ0v) is 11.0. The van der Waals surface area contributed by atoms with Crippen molar-refractivity contribution in [2.45, 2.75) is 13.0 Å². The number of carboxylic acid groups (broad SMARTS) is 1. The Kier molecular flexibility index (Phi) is 4.41. The quantitative estimate of drug-likeness (QED) is 0.798. The lowest BCUT2D eigenvalue weighted by atomic mass is 10.2. The molecular formula is C13H14ClN3O2. The van der Waals surface area contributed by atoms with Crippen molar-refractivity contribution in [1.82, 2.24) is 9.55 Å². The molecule has 0 atom stereocenters. The van der Waals surface area contributed by atoms with Crippen molar-refractivity contribution in [3.05, 3.63) is 47.5 Å². The predicted octanol–water partition coefficient (Wildman–Crippen LogP) is 2.74. The molecule has 6 heteroatoms. The summed E-state index contributed by atoms with van der Waals surface area (Å²) in [7, 11) is 0. The van der Waals surface area contributed by atoms with E-state index in [0.29, 0.717) is 17.3 Å². The molecule has 19 heavy (non-hydrogen) atoms. The van der Waals surface area contributed by atoms with Crippen molar-refractivity contribution in [3.63, 3.8) is 0 Å². The third-order valence-electron chi connectivity index (χ3n) is 2.68. The maximum atomic E-state index is 11.1. The number of halogens is 1. The Balaban J connectivity index is 1.90. The number of hydrogen-bond acceptors (Lipinski definition) is 3. The second-order valence-corrected chi connectivity index (χ2v) is 4.51. The maximum Gasteiger partial charge on any atom is 0.337 e. The summed E-state index contributed by atoms with van der Waals surface area (Å²) in [5.74, 6) is -0.986. The smallest absolute Gasteiger partial charge is 0.337 e. The van der Waals surface area contributed by atoms with Crippen LogP contribution >= 0.6 is 11.6 Å². The minimum absolute atomic E-state index is 0.190. The number of nitrogens with zero attached hydrogens (tertiary/aromatic N) is 2. The fourth-order valence-corrected chi connectivity index (χ4v) is 1.92. The Morgan fingerprint density at radius 2 is 2.32 bits per heavy atom. The van der Waals surface area contributed by atoms with Gasteiger partial charge < -0.3 is 15.0 Å². The van der Waals surface area contributed by atoms with Crippen LogP contribution in [0.3, 0.4) is 0 Å². The molecule has 0 fully saturated rings. The SMILES string of the molecule is O=C(O)c1cc(Cl)ccc1NCCCn1ccnc1. The maximum absolute atomic E-state index is 11.1. The molecule has 0 saturated carbocycles. The first kappa shape index (κ1) is 13.4. The average Bonchev–Trinajstić information content (AvgIpc) is 2.89. The molecule has 0 aliphatic rings. The van der Waals surface area contributed by atoms with E-state index < -0.39 is 5.97 Å². The molecule has 0 amide bonds. The van der Waals surface area contributed by atoms with Crippen LogP contribution in [0.2, 0.25) is 5.02 Å². The summed E-state index contributed by atoms with van der Waals surface area (Å²) in [6, 6.07) is 4.80. The van der Waals surface area contributed by atoms with Crippen LogP contribution in [0.25, 0.3) is 0 Å². The molecule has 0 unspecified atom stereocenters. The summed E-state index contributed by atoms with van der Waals surface area (Å²) in [6.07, 6.45) is 6.25. The highest BCUT2D eigenvalue weighted by Crippen LogP contribution is 2.20. The standard InChI is InChI=1S/C13H14ClN3O2/c14-10-2-3-12(11(8-10)13(18)19)16-4-1-6-17-7-5-15-9-17/h2-3,5,7-9,16H,1,4,6H2,(H,18,19). The van der Waals surface area contributed by atoms with Crippen LogP contribution in [0.4, 0.5) is 5.69 Å². The van der Waals surface area contributed by atoms with Gasteiger partial charge in [-0.1, -0.05) is 11.6 Å². The van der Waals surface area contributed by atoms with Crippen LogP contribution in [-0.2, 0) is 6.54 Å². The van der Waals surface area contributed by atoms with Gasteiger partial charge in [0.1, 0.15) is 0 Å². The number of imidazole rings is 1. The molecule has 1 heterocycles. The van der Waals surface area contributed by atoms with Gasteiger partial charge in [-0.25, -0.2) is 9.78 Å². The van der Waals surface area contributed by atoms with Gasteiger partial charge in [-0.3, -0.25) is 0 Å². The Hall–Kier alpha value is -2.01. The summed E-state index contributed by atoms with van der Waals surface area (Å²) < 4.78 is 1.97. The first-order chi connectivity index (χ1) is 9.16. The number of aromatic carboxylic acids is 1. The van der Waals surface area contributed by atoms with E-state index in [4.69, 9.17) is 16.7 Å². The summed E-state index contributed by atoms with van der Waals surface area (Å²) in [5, 5.41) is 12.6. The van der Waals surface area contributed by atoms with Gasteiger partial charge in [-0.2, -0.15) is 0 Å². The van der Waals surface area contributed by atoms with Gasteiger partial charge in [-0.05, 0) is 24.6 Å². The molecule has 0 aliphatic carbocycles. The first-order valence-corrected chi connectivity index (χ1v) is 6.27. The van der Waals surface area contributed by atoms with E-state index in [1.54, 1.807) is 24.7 Å². The van der Waals surface area contributed by atoms with Crippen LogP contribution in [0.15, 0.2) is 36.9 Å². The molecular weight excluding hydrogens is 266 g/mol. The molecule has 1 aromatic carbocycles. The van der Waals surface area contributed by atoms with E-state index >= 15 is 0 Å². The second kappa shape index (κ2) is 6.24. The summed E-state index contributed by atoms with van der Waals surface area (Å²) >= 11 is 5.79. The number of aryl methyl sites for hydroxylation is 1. The van der Waals surface area contributed by atoms with Gasteiger partial charge in [0.05, 0.1) is 11.9 Å². The molecule has 5 nitrogen and oxygen atoms in total. The lowest BCUT2D eigenvalue weighted by Crippen LogP contribution is -2.09. The Morgan fingerprint density at radius 1 is 1.47 bits per heavy atom. The molecule has 100 valence electrons. The van der Waals surface area contributed by atoms with Crippen molar-refractivity contribution in [2.24, 2.45) is 0 Å². The van der Waals surface area contributed by atoms with Crippen molar-refractivity contribution in [1.29, 1.82) is 0 Å². The topological polar surface area (TPSA) is 67.2 Å². The van der Waals surface area contributed by atoms with E-state index in [0.717, 1.165) is 13.0 Å². The molecule has 1 aromatic heterocycles. The van der Waals surface area contributed by atoms with E-state index in [1.165, 1.54) is 6.07 Å². The van der Waals surface area contributed by atoms with Gasteiger partial charge >= 0.3 is 5.97 Å². The minimum Gasteiger partial charge on any atom is -0.478 e. The third kappa shape index (κ3) is 3.72. The number of anilines is 1. The Morgan fingerprint density at radius 3 is 3.00 bits per heavy atom. The summed E-state index contributed by atoms with van der Waals surface area (Å²) in [4.78, 5) is 15.0. The number of carboxylic acids is 1. The fraction of sp³-hybridized carbons (Fsp3) is 0.231. The zero-order valence-electron chi connectivity index (χ0n) is 10.2. The van der Waals surface area contributed by atoms with Gasteiger partial charge in [0, 0.05) is 36.2 Å². The van der Waals surface area contributed by atoms with E-state index in [2.05, 4.69) is 10.3 Å². The summed E-state index contributed by atoms with van der Waals surface area (Å²) in [5.41, 5.74) is 0.776. The molecule has 0 bridgehead atoms. The van der Waals surface area contributed by atoms with Gasteiger partial charge in [0.2, 0.25) is 0 Å². The highest BCUT2D eigenvalue weighted by atomic mass is 35.5. The van der Waals surface area contributed by atoms with Crippen molar-refractivity contribution >= 4 is 23.3 Å². The number of benzene rings is 1. The van der Waals surface area contributed by atoms with Crippen molar-refractivity contribution in [2.75, 3.05) is 11.9 Å². The number of nitrogens with one attached hydrogen (secondary N) is 1. The number of rotatable bonds is 6. The average molecular weight is 280 g/mol. The molecule has 0 aliphatic heterocycles. The normalized spacial score (nSPS) is 10.4. The minimum atomic E-state index is -0.986. The third-order valence-corrected chi connectivity index (χ3v) is 2.91. The molecule has 0 radical (unpaired) electrons. The monoisotopic (exact) mass is 279 g/mol. The highest BCUT2D eigenvalue weighted by Gasteiger charge is 2.09. The number of hydrogen-bond donors (Lipinski definition) is 2. The van der Waals surface area contributed by atoms with E-state index in [9.17, 15) is 4.79 Å². The van der Waals surface area contributed by atoms with Gasteiger partial charge in [0.15, 0.2) is 0 Å². The van der Waals surface area contributed by atoms with Crippen LogP contribution in [0.5, 0.6) is 0 Å². The summed E-state index contributed by atoms with van der Waals surface area (Å²) in [6.45, 7) is 1.52. The second-order valence-electron chi connectivity index (χ2n) is 4.08. The van der Waals surface area contributed by atoms with Gasteiger partial charge in [-0.15, -0.1) is 0 Å². The zero-order chi connectivity index (χ0) is 13.7. The Labute approximate surface area is 115 Å². The largest absolute Gasteiger partial charge is 0.478 e. The molecule has 0 saturated heterocycles. The molecule has 2 rings (SSSR count). The number of carbonyl (C=O) groups is 1. The first-order valence-electron chi connectivity index (χ1n) is 5.89. The predicted molar refractivity (Wildman–Crippen MR) is 73.7 cm³/mol. The lowest BCUT2D eigenvalue weighted by Gasteiger charge is -2.10. The highest BCUT2D eigenvalue weighted by molar-refractivity contribution is 6.31. The molecule has 0 spiro atoms.